The average molecular weight is 381 g/mol. The Morgan fingerprint density at radius 3 is 2.62 bits per heavy atom. The normalized spacial score (nSPS) is 21.6. The van der Waals surface area contributed by atoms with Crippen LogP contribution in [0.1, 0.15) is 23.2 Å². The van der Waals surface area contributed by atoms with Gasteiger partial charge in [0.25, 0.3) is 5.91 Å². The molecule has 0 spiro atoms. The van der Waals surface area contributed by atoms with Crippen LogP contribution in [0.3, 0.4) is 0 Å². The molecular weight excluding hydrogens is 354 g/mol. The number of carbonyl (C=O) groups excluding carboxylic acids is 1. The number of rotatable bonds is 7. The van der Waals surface area contributed by atoms with Crippen molar-refractivity contribution in [2.45, 2.75) is 18.9 Å². The summed E-state index contributed by atoms with van der Waals surface area (Å²) in [5, 5.41) is 3.15. The van der Waals surface area contributed by atoms with E-state index in [1.807, 2.05) is 18.2 Å². The van der Waals surface area contributed by atoms with Crippen molar-refractivity contribution in [3.8, 4) is 0 Å². The highest BCUT2D eigenvalue weighted by Gasteiger charge is 2.28. The Morgan fingerprint density at radius 2 is 1.96 bits per heavy atom. The van der Waals surface area contributed by atoms with E-state index in [1.54, 1.807) is 17.0 Å². The smallest absolute Gasteiger partial charge is 0.253 e. The van der Waals surface area contributed by atoms with Crippen LogP contribution in [0.15, 0.2) is 30.3 Å². The minimum atomic E-state index is -3.37. The molecule has 2 heterocycles. The second kappa shape index (κ2) is 8.94. The predicted octanol–water partition coefficient (Wildman–Crippen LogP) is 0.543. The molecule has 3 rings (SSSR count). The van der Waals surface area contributed by atoms with Gasteiger partial charge in [-0.2, -0.15) is 4.31 Å². The molecule has 1 aromatic carbocycles. The number of carbonyl (C=O) groups is 1. The van der Waals surface area contributed by atoms with E-state index in [9.17, 15) is 13.2 Å². The molecular formula is C18H27N3O4S. The number of amides is 1. The van der Waals surface area contributed by atoms with Crippen LogP contribution < -0.4 is 5.32 Å². The van der Waals surface area contributed by atoms with Gasteiger partial charge in [0.2, 0.25) is 10.0 Å². The SMILES string of the molecule is O=C(c1ccccc1)N(CCS(=O)(=O)N1CCNCC1)C[C@@H]1CCCO1. The Labute approximate surface area is 155 Å². The number of nitrogens with zero attached hydrogens (tertiary/aromatic N) is 2. The van der Waals surface area contributed by atoms with Crippen LogP contribution in [0.4, 0.5) is 0 Å². The number of nitrogens with one attached hydrogen (secondary N) is 1. The lowest BCUT2D eigenvalue weighted by Crippen LogP contribution is -2.49. The van der Waals surface area contributed by atoms with Crippen molar-refractivity contribution < 1.29 is 17.9 Å². The van der Waals surface area contributed by atoms with E-state index in [0.29, 0.717) is 44.9 Å². The van der Waals surface area contributed by atoms with Crippen LogP contribution >= 0.6 is 0 Å². The Morgan fingerprint density at radius 1 is 1.23 bits per heavy atom. The maximum atomic E-state index is 12.9. The van der Waals surface area contributed by atoms with Gasteiger partial charge in [-0.05, 0) is 25.0 Å². The molecule has 1 amide bonds. The third kappa shape index (κ3) is 5.03. The number of sulfonamides is 1. The molecule has 0 saturated carbocycles. The Balaban J connectivity index is 1.67. The first-order chi connectivity index (χ1) is 12.6. The van der Waals surface area contributed by atoms with Gasteiger partial charge in [-0.3, -0.25) is 4.79 Å². The molecule has 2 saturated heterocycles. The van der Waals surface area contributed by atoms with Crippen molar-refractivity contribution in [3.05, 3.63) is 35.9 Å². The van der Waals surface area contributed by atoms with Crippen LogP contribution in [0.5, 0.6) is 0 Å². The highest BCUT2D eigenvalue weighted by atomic mass is 32.2. The van der Waals surface area contributed by atoms with Crippen LogP contribution in [0, 0.1) is 0 Å². The first-order valence-corrected chi connectivity index (χ1v) is 10.8. The van der Waals surface area contributed by atoms with Gasteiger partial charge in [0.1, 0.15) is 0 Å². The fraction of sp³-hybridized carbons (Fsp3) is 0.611. The van der Waals surface area contributed by atoms with E-state index in [2.05, 4.69) is 5.32 Å². The van der Waals surface area contributed by atoms with Crippen molar-refractivity contribution >= 4 is 15.9 Å². The Hall–Kier alpha value is -1.48. The van der Waals surface area contributed by atoms with Gasteiger partial charge in [0.15, 0.2) is 0 Å². The highest BCUT2D eigenvalue weighted by Crippen LogP contribution is 2.16. The standard InChI is InChI=1S/C18H27N3O4S/c22-18(16-5-2-1-3-6-16)20(15-17-7-4-13-25-17)12-14-26(23,24)21-10-8-19-9-11-21/h1-3,5-6,17,19H,4,7-15H2/t17-/m0/s1. The highest BCUT2D eigenvalue weighted by molar-refractivity contribution is 7.89. The van der Waals surface area contributed by atoms with Crippen LogP contribution in [-0.2, 0) is 14.8 Å². The zero-order chi connectivity index (χ0) is 18.4. The monoisotopic (exact) mass is 381 g/mol. The summed E-state index contributed by atoms with van der Waals surface area (Å²) in [6.45, 7) is 3.63. The van der Waals surface area contributed by atoms with Gasteiger partial charge in [0.05, 0.1) is 11.9 Å². The summed E-state index contributed by atoms with van der Waals surface area (Å²) in [5.74, 6) is -0.199. The van der Waals surface area contributed by atoms with Crippen LogP contribution in [0.2, 0.25) is 0 Å². The summed E-state index contributed by atoms with van der Waals surface area (Å²) in [6.07, 6.45) is 1.88. The maximum absolute atomic E-state index is 12.9. The second-order valence-electron chi connectivity index (χ2n) is 6.72. The van der Waals surface area contributed by atoms with Crippen molar-refractivity contribution in [2.24, 2.45) is 0 Å². The molecule has 1 aromatic rings. The largest absolute Gasteiger partial charge is 0.376 e. The molecule has 7 nitrogen and oxygen atoms in total. The molecule has 2 aliphatic rings. The fourth-order valence-electron chi connectivity index (χ4n) is 3.35. The lowest BCUT2D eigenvalue weighted by atomic mass is 10.1. The molecule has 0 aromatic heterocycles. The number of benzene rings is 1. The summed E-state index contributed by atoms with van der Waals surface area (Å²) in [5.41, 5.74) is 0.574. The van der Waals surface area contributed by atoms with Gasteiger partial charge in [-0.1, -0.05) is 18.2 Å². The fourth-order valence-corrected chi connectivity index (χ4v) is 4.80. The van der Waals surface area contributed by atoms with Crippen LogP contribution in [0.25, 0.3) is 0 Å². The number of hydrogen-bond donors (Lipinski definition) is 1. The van der Waals surface area contributed by atoms with Gasteiger partial charge < -0.3 is 15.0 Å². The zero-order valence-electron chi connectivity index (χ0n) is 15.0. The van der Waals surface area contributed by atoms with Crippen LogP contribution in [-0.4, -0.2) is 81.3 Å². The predicted molar refractivity (Wildman–Crippen MR) is 99.5 cm³/mol. The first-order valence-electron chi connectivity index (χ1n) is 9.21. The van der Waals surface area contributed by atoms with E-state index < -0.39 is 10.0 Å². The van der Waals surface area contributed by atoms with Gasteiger partial charge in [-0.25, -0.2) is 8.42 Å². The van der Waals surface area contributed by atoms with Gasteiger partial charge >= 0.3 is 0 Å². The average Bonchev–Trinajstić information content (AvgIpc) is 3.19. The van der Waals surface area contributed by atoms with Gasteiger partial charge in [0, 0.05) is 51.4 Å². The topological polar surface area (TPSA) is 79.0 Å². The molecule has 0 radical (unpaired) electrons. The van der Waals surface area contributed by atoms with Gasteiger partial charge in [-0.15, -0.1) is 0 Å². The molecule has 0 bridgehead atoms. The van der Waals surface area contributed by atoms with Crippen molar-refractivity contribution in [1.82, 2.24) is 14.5 Å². The summed E-state index contributed by atoms with van der Waals surface area (Å²) in [7, 11) is -3.37. The quantitative estimate of drug-likeness (QED) is 0.746. The summed E-state index contributed by atoms with van der Waals surface area (Å²) >= 11 is 0. The van der Waals surface area contributed by atoms with E-state index in [-0.39, 0.29) is 24.3 Å². The van der Waals surface area contributed by atoms with Crippen molar-refractivity contribution in [3.63, 3.8) is 0 Å². The van der Waals surface area contributed by atoms with E-state index in [0.717, 1.165) is 12.8 Å². The molecule has 1 atom stereocenters. The number of hydrogen-bond acceptors (Lipinski definition) is 5. The Kier molecular flexibility index (Phi) is 6.63. The van der Waals surface area contributed by atoms with E-state index in [1.165, 1.54) is 4.31 Å². The summed E-state index contributed by atoms with van der Waals surface area (Å²) in [6, 6.07) is 9.01. The summed E-state index contributed by atoms with van der Waals surface area (Å²) in [4.78, 5) is 14.5. The first kappa shape index (κ1) is 19.3. The van der Waals surface area contributed by atoms with Crippen molar-refractivity contribution in [2.75, 3.05) is 51.6 Å². The molecule has 144 valence electrons. The molecule has 26 heavy (non-hydrogen) atoms. The second-order valence-corrected chi connectivity index (χ2v) is 8.81. The third-order valence-electron chi connectivity index (χ3n) is 4.84. The molecule has 1 N–H and O–H groups in total. The molecule has 0 unspecified atom stereocenters. The van der Waals surface area contributed by atoms with E-state index in [4.69, 9.17) is 4.74 Å². The number of piperazine rings is 1. The molecule has 8 heteroatoms. The minimum Gasteiger partial charge on any atom is -0.376 e. The van der Waals surface area contributed by atoms with Crippen molar-refractivity contribution in [1.29, 1.82) is 0 Å². The minimum absolute atomic E-state index is 0.00967. The lowest BCUT2D eigenvalue weighted by molar-refractivity contribution is 0.0540. The zero-order valence-corrected chi connectivity index (χ0v) is 15.8. The Bertz CT molecular complexity index is 684. The summed E-state index contributed by atoms with van der Waals surface area (Å²) < 4.78 is 32.4. The van der Waals surface area contributed by atoms with E-state index >= 15 is 0 Å². The third-order valence-corrected chi connectivity index (χ3v) is 6.69. The molecule has 2 fully saturated rings. The lowest BCUT2D eigenvalue weighted by Gasteiger charge is -2.29. The number of ether oxygens (including phenoxy) is 1. The molecule has 0 aliphatic carbocycles. The molecule has 2 aliphatic heterocycles. The maximum Gasteiger partial charge on any atom is 0.253 e.